The Kier molecular flexibility index (Phi) is 10.1. The van der Waals surface area contributed by atoms with Gasteiger partial charge in [-0.1, -0.05) is 6.42 Å². The lowest BCUT2D eigenvalue weighted by Gasteiger charge is -2.23. The third-order valence-corrected chi connectivity index (χ3v) is 6.87. The van der Waals surface area contributed by atoms with E-state index in [0.29, 0.717) is 60.7 Å². The summed E-state index contributed by atoms with van der Waals surface area (Å²) in [6.45, 7) is 6.83. The van der Waals surface area contributed by atoms with Gasteiger partial charge < -0.3 is 24.4 Å². The predicted octanol–water partition coefficient (Wildman–Crippen LogP) is 4.01. The van der Waals surface area contributed by atoms with E-state index in [1.807, 2.05) is 26.8 Å². The van der Waals surface area contributed by atoms with Crippen molar-refractivity contribution in [3.8, 4) is 11.5 Å². The minimum atomic E-state index is -0.482. The molecule has 0 saturated carbocycles. The molecule has 1 atom stereocenters. The van der Waals surface area contributed by atoms with E-state index >= 15 is 0 Å². The number of methoxy groups -OCH3 is 2. The molecule has 2 fully saturated rings. The van der Waals surface area contributed by atoms with Crippen molar-refractivity contribution in [3.63, 3.8) is 0 Å². The molecule has 2 aliphatic heterocycles. The van der Waals surface area contributed by atoms with E-state index in [-0.39, 0.29) is 17.9 Å². The second-order valence-electron chi connectivity index (χ2n) is 10.3. The van der Waals surface area contributed by atoms with Crippen LogP contribution in [0.25, 0.3) is 6.08 Å². The van der Waals surface area contributed by atoms with Gasteiger partial charge in [0.05, 0.1) is 19.1 Å². The van der Waals surface area contributed by atoms with Crippen LogP contribution in [0, 0.1) is 0 Å². The van der Waals surface area contributed by atoms with E-state index in [1.165, 1.54) is 7.11 Å². The van der Waals surface area contributed by atoms with Crippen LogP contribution < -0.4 is 25.0 Å². The van der Waals surface area contributed by atoms with Crippen molar-refractivity contribution in [3.05, 3.63) is 22.6 Å². The maximum absolute atomic E-state index is 12.5. The van der Waals surface area contributed by atoms with Crippen molar-refractivity contribution in [2.24, 2.45) is 0 Å². The van der Waals surface area contributed by atoms with E-state index in [4.69, 9.17) is 14.2 Å². The second-order valence-corrected chi connectivity index (χ2v) is 11.3. The van der Waals surface area contributed by atoms with Gasteiger partial charge in [0.15, 0.2) is 11.5 Å². The summed E-state index contributed by atoms with van der Waals surface area (Å²) >= 11 is 0.855. The van der Waals surface area contributed by atoms with Crippen molar-refractivity contribution in [2.45, 2.75) is 70.9 Å². The van der Waals surface area contributed by atoms with Gasteiger partial charge in [0.2, 0.25) is 5.91 Å². The van der Waals surface area contributed by atoms with Gasteiger partial charge >= 0.3 is 5.97 Å². The number of imide groups is 1. The molecule has 2 saturated heterocycles. The molecule has 1 aromatic carbocycles. The zero-order valence-corrected chi connectivity index (χ0v) is 23.5. The summed E-state index contributed by atoms with van der Waals surface area (Å²) in [6, 6.07) is 3.60. The number of anilines is 1. The molecule has 0 bridgehead atoms. The number of ether oxygens (including phenoxy) is 3. The van der Waals surface area contributed by atoms with Gasteiger partial charge in [0.25, 0.3) is 11.1 Å². The van der Waals surface area contributed by atoms with Gasteiger partial charge in [-0.2, -0.15) is 0 Å². The van der Waals surface area contributed by atoms with Crippen LogP contribution in [0.3, 0.4) is 0 Å². The van der Waals surface area contributed by atoms with Crippen LogP contribution in [-0.2, 0) is 19.1 Å². The number of amides is 3. The highest BCUT2D eigenvalue weighted by atomic mass is 32.2. The first-order valence-corrected chi connectivity index (χ1v) is 13.6. The first kappa shape index (κ1) is 29.3. The van der Waals surface area contributed by atoms with Gasteiger partial charge in [-0.3, -0.25) is 24.5 Å². The topological polar surface area (TPSA) is 123 Å². The van der Waals surface area contributed by atoms with E-state index in [9.17, 15) is 19.2 Å². The van der Waals surface area contributed by atoms with Gasteiger partial charge in [0.1, 0.15) is 5.60 Å². The third-order valence-electron chi connectivity index (χ3n) is 6.06. The predicted molar refractivity (Wildman–Crippen MR) is 146 cm³/mol. The highest BCUT2D eigenvalue weighted by molar-refractivity contribution is 8.18. The fraction of sp³-hybridized carbons (Fsp3) is 0.556. The first-order chi connectivity index (χ1) is 18.0. The largest absolute Gasteiger partial charge is 0.493 e. The lowest BCUT2D eigenvalue weighted by Crippen LogP contribution is -2.37. The average Bonchev–Trinajstić information content (AvgIpc) is 3.42. The minimum Gasteiger partial charge on any atom is -0.493 e. The normalized spacial score (nSPS) is 18.5. The Hall–Kier alpha value is -3.21. The Labute approximate surface area is 227 Å². The molecule has 10 nitrogen and oxygen atoms in total. The van der Waals surface area contributed by atoms with Crippen LogP contribution >= 0.6 is 11.8 Å². The maximum atomic E-state index is 12.5. The summed E-state index contributed by atoms with van der Waals surface area (Å²) in [5.41, 5.74) is 1.05. The van der Waals surface area contributed by atoms with Crippen molar-refractivity contribution < 1.29 is 33.4 Å². The summed E-state index contributed by atoms with van der Waals surface area (Å²) in [5.74, 6) is 0.397. The summed E-state index contributed by atoms with van der Waals surface area (Å²) in [7, 11) is 3.09. The van der Waals surface area contributed by atoms with E-state index in [0.717, 1.165) is 30.3 Å². The standard InChI is InChI=1S/C27H37N3O7S/c1-27(2,3)37-24(32)10-8-6-7-9-23(31)28-18-11-12-30(16-18)19-15-21(36-5)20(35-4)13-17(19)14-22-25(33)29-26(34)38-22/h13-15,18H,6-12,16H2,1-5H3,(H,28,31)(H,29,33,34)/b22-14-/t18-/m1/s1. The van der Waals surface area contributed by atoms with Crippen LogP contribution in [0.1, 0.15) is 64.9 Å². The van der Waals surface area contributed by atoms with Crippen molar-refractivity contribution in [1.82, 2.24) is 10.6 Å². The van der Waals surface area contributed by atoms with Gasteiger partial charge in [-0.15, -0.1) is 0 Å². The monoisotopic (exact) mass is 547 g/mol. The zero-order chi connectivity index (χ0) is 27.9. The van der Waals surface area contributed by atoms with Gasteiger partial charge in [0, 0.05) is 49.3 Å². The number of carbonyl (C=O) groups is 4. The van der Waals surface area contributed by atoms with Crippen LogP contribution in [0.5, 0.6) is 11.5 Å². The number of esters is 1. The lowest BCUT2D eigenvalue weighted by atomic mass is 10.1. The van der Waals surface area contributed by atoms with Crippen molar-refractivity contribution in [1.29, 1.82) is 0 Å². The van der Waals surface area contributed by atoms with E-state index in [2.05, 4.69) is 15.5 Å². The van der Waals surface area contributed by atoms with Crippen LogP contribution in [-0.4, -0.2) is 62.0 Å². The molecule has 1 aromatic rings. The molecule has 0 radical (unpaired) electrons. The molecule has 2 heterocycles. The number of hydrogen-bond donors (Lipinski definition) is 2. The molecule has 0 aliphatic carbocycles. The average molecular weight is 548 g/mol. The van der Waals surface area contributed by atoms with E-state index < -0.39 is 16.7 Å². The maximum Gasteiger partial charge on any atom is 0.306 e. The van der Waals surface area contributed by atoms with Gasteiger partial charge in [-0.05, 0) is 63.9 Å². The molecule has 0 unspecified atom stereocenters. The molecule has 38 heavy (non-hydrogen) atoms. The Morgan fingerprint density at radius 1 is 1.11 bits per heavy atom. The molecule has 3 amide bonds. The number of benzene rings is 1. The smallest absolute Gasteiger partial charge is 0.306 e. The quantitative estimate of drug-likeness (QED) is 0.240. The molecule has 11 heteroatoms. The molecular formula is C27H37N3O7S. The number of nitrogens with zero attached hydrogens (tertiary/aromatic N) is 1. The first-order valence-electron chi connectivity index (χ1n) is 12.8. The summed E-state index contributed by atoms with van der Waals surface area (Å²) in [6.07, 6.45) is 5.37. The highest BCUT2D eigenvalue weighted by Gasteiger charge is 2.29. The Morgan fingerprint density at radius 2 is 1.79 bits per heavy atom. The lowest BCUT2D eigenvalue weighted by molar-refractivity contribution is -0.154. The van der Waals surface area contributed by atoms with E-state index in [1.54, 1.807) is 19.3 Å². The van der Waals surface area contributed by atoms with Crippen molar-refractivity contribution >= 4 is 46.5 Å². The fourth-order valence-corrected chi connectivity index (χ4v) is 5.03. The van der Waals surface area contributed by atoms with Crippen LogP contribution in [0.4, 0.5) is 10.5 Å². The number of thioether (sulfide) groups is 1. The van der Waals surface area contributed by atoms with Crippen LogP contribution in [0.15, 0.2) is 17.0 Å². The Balaban J connectivity index is 1.56. The molecular weight excluding hydrogens is 510 g/mol. The number of rotatable bonds is 11. The Morgan fingerprint density at radius 3 is 2.42 bits per heavy atom. The summed E-state index contributed by atoms with van der Waals surface area (Å²) in [5, 5.41) is 4.98. The molecule has 2 aliphatic rings. The van der Waals surface area contributed by atoms with Gasteiger partial charge in [-0.25, -0.2) is 0 Å². The molecule has 2 N–H and O–H groups in total. The Bertz CT molecular complexity index is 1100. The number of hydrogen-bond acceptors (Lipinski definition) is 9. The zero-order valence-electron chi connectivity index (χ0n) is 22.7. The molecule has 0 aromatic heterocycles. The molecule has 208 valence electrons. The van der Waals surface area contributed by atoms with Crippen molar-refractivity contribution in [2.75, 3.05) is 32.2 Å². The summed E-state index contributed by atoms with van der Waals surface area (Å²) < 4.78 is 16.2. The second kappa shape index (κ2) is 13.0. The highest BCUT2D eigenvalue weighted by Crippen LogP contribution is 2.39. The van der Waals surface area contributed by atoms with Crippen LogP contribution in [0.2, 0.25) is 0 Å². The number of nitrogens with one attached hydrogen (secondary N) is 2. The molecule has 3 rings (SSSR count). The fourth-order valence-electron chi connectivity index (χ4n) is 4.36. The molecule has 0 spiro atoms. The number of carbonyl (C=O) groups excluding carboxylic acids is 4. The third kappa shape index (κ3) is 8.41. The SMILES string of the molecule is COc1cc(/C=C2\SC(=O)NC2=O)c(N2CC[C@@H](NC(=O)CCCCCC(=O)OC(C)(C)C)C2)cc1OC. The number of unbranched alkanes of at least 4 members (excludes halogenated alkanes) is 2. The summed E-state index contributed by atoms with van der Waals surface area (Å²) in [4.78, 5) is 50.5. The minimum absolute atomic E-state index is 0.0127.